The molecule has 0 aromatic heterocycles. The molecule has 0 spiro atoms. The Bertz CT molecular complexity index is 459. The van der Waals surface area contributed by atoms with Crippen molar-refractivity contribution in [3.63, 3.8) is 0 Å². The maximum atomic E-state index is 12.7. The Morgan fingerprint density at radius 1 is 1.41 bits per heavy atom. The maximum absolute atomic E-state index is 12.7. The lowest BCUT2D eigenvalue weighted by Gasteiger charge is -2.08. The number of alkyl halides is 2. The van der Waals surface area contributed by atoms with Crippen molar-refractivity contribution in [2.45, 2.75) is 25.7 Å². The Kier molecular flexibility index (Phi) is 2.74. The first-order valence-corrected chi connectivity index (χ1v) is 5.03. The van der Waals surface area contributed by atoms with Crippen LogP contribution in [0.5, 0.6) is 11.5 Å². The maximum Gasteiger partial charge on any atom is 0.586 e. The van der Waals surface area contributed by atoms with E-state index >= 15 is 0 Å². The van der Waals surface area contributed by atoms with Crippen molar-refractivity contribution < 1.29 is 28.2 Å². The fourth-order valence-corrected chi connectivity index (χ4v) is 1.51. The summed E-state index contributed by atoms with van der Waals surface area (Å²) in [5.74, 6) is -0.694. The van der Waals surface area contributed by atoms with Gasteiger partial charge in [-0.1, -0.05) is 13.0 Å². The number of halogens is 2. The second kappa shape index (κ2) is 3.96. The van der Waals surface area contributed by atoms with Gasteiger partial charge in [0.05, 0.1) is 0 Å². The minimum atomic E-state index is -3.69. The van der Waals surface area contributed by atoms with Gasteiger partial charge in [-0.3, -0.25) is 4.79 Å². The Balaban J connectivity index is 2.28. The summed E-state index contributed by atoms with van der Waals surface area (Å²) in [6.45, 7) is 1.60. The molecule has 2 rings (SSSR count). The average molecular weight is 244 g/mol. The highest BCUT2D eigenvalue weighted by molar-refractivity contribution is 5.84. The van der Waals surface area contributed by atoms with Gasteiger partial charge < -0.3 is 14.6 Å². The molecule has 0 saturated carbocycles. The van der Waals surface area contributed by atoms with Crippen molar-refractivity contribution in [1.29, 1.82) is 0 Å². The summed E-state index contributed by atoms with van der Waals surface area (Å²) in [5, 5.41) is 9.62. The van der Waals surface area contributed by atoms with Crippen molar-refractivity contribution in [2.24, 2.45) is 0 Å². The van der Waals surface area contributed by atoms with Crippen LogP contribution in [0, 0.1) is 0 Å². The zero-order valence-electron chi connectivity index (χ0n) is 8.94. The molecule has 0 amide bonds. The van der Waals surface area contributed by atoms with Crippen molar-refractivity contribution in [3.05, 3.63) is 23.8 Å². The van der Waals surface area contributed by atoms with E-state index in [1.807, 2.05) is 0 Å². The molecule has 92 valence electrons. The number of aliphatic hydroxyl groups excluding tert-OH is 1. The normalized spacial score (nSPS) is 17.9. The molecule has 1 N–H and O–H groups in total. The van der Waals surface area contributed by atoms with Gasteiger partial charge in [0.2, 0.25) is 0 Å². The van der Waals surface area contributed by atoms with Crippen LogP contribution in [0.2, 0.25) is 0 Å². The second-order valence-electron chi connectivity index (χ2n) is 3.60. The first-order valence-electron chi connectivity index (χ1n) is 5.03. The molecule has 0 radical (unpaired) electrons. The van der Waals surface area contributed by atoms with Crippen LogP contribution in [-0.4, -0.2) is 17.2 Å². The van der Waals surface area contributed by atoms with E-state index in [0.717, 1.165) is 0 Å². The molecule has 1 unspecified atom stereocenters. The van der Waals surface area contributed by atoms with Gasteiger partial charge in [-0.15, -0.1) is 8.78 Å². The minimum absolute atomic E-state index is 0.116. The van der Waals surface area contributed by atoms with Crippen LogP contribution < -0.4 is 9.47 Å². The molecular weight excluding hydrogens is 234 g/mol. The largest absolute Gasteiger partial charge is 0.586 e. The van der Waals surface area contributed by atoms with E-state index in [0.29, 0.717) is 0 Å². The number of fused-ring (bicyclic) bond motifs is 1. The van der Waals surface area contributed by atoms with Gasteiger partial charge in [-0.2, -0.15) is 0 Å². The Morgan fingerprint density at radius 3 is 2.71 bits per heavy atom. The van der Waals surface area contributed by atoms with Crippen molar-refractivity contribution in [1.82, 2.24) is 0 Å². The molecular formula is C11H10F2O4. The number of hydrogen-bond acceptors (Lipinski definition) is 4. The summed E-state index contributed by atoms with van der Waals surface area (Å²) >= 11 is 0. The van der Waals surface area contributed by atoms with Gasteiger partial charge in [0, 0.05) is 6.42 Å². The molecule has 1 aromatic carbocycles. The summed E-state index contributed by atoms with van der Waals surface area (Å²) in [5.41, 5.74) is 0.205. The Labute approximate surface area is 95.8 Å². The third-order valence-corrected chi connectivity index (χ3v) is 2.39. The van der Waals surface area contributed by atoms with Gasteiger partial charge in [-0.25, -0.2) is 0 Å². The number of Topliss-reactive ketones (excluding diaryl/α,β-unsaturated/α-hetero) is 1. The highest BCUT2D eigenvalue weighted by Crippen LogP contribution is 2.42. The molecule has 0 saturated heterocycles. The molecule has 17 heavy (non-hydrogen) atoms. The molecule has 1 aromatic rings. The van der Waals surface area contributed by atoms with Gasteiger partial charge >= 0.3 is 6.29 Å². The van der Waals surface area contributed by atoms with Crippen LogP contribution >= 0.6 is 0 Å². The highest BCUT2D eigenvalue weighted by atomic mass is 19.3. The third kappa shape index (κ3) is 2.21. The molecule has 4 nitrogen and oxygen atoms in total. The summed E-state index contributed by atoms with van der Waals surface area (Å²) in [6.07, 6.45) is -4.87. The van der Waals surface area contributed by atoms with Crippen LogP contribution in [0.4, 0.5) is 8.78 Å². The van der Waals surface area contributed by atoms with E-state index in [-0.39, 0.29) is 23.5 Å². The van der Waals surface area contributed by atoms with Gasteiger partial charge in [0.1, 0.15) is 6.10 Å². The number of aliphatic hydroxyl groups is 1. The molecule has 0 fully saturated rings. The zero-order valence-corrected chi connectivity index (χ0v) is 8.94. The summed E-state index contributed by atoms with van der Waals surface area (Å²) in [7, 11) is 0. The molecule has 1 aliphatic rings. The summed E-state index contributed by atoms with van der Waals surface area (Å²) < 4.78 is 33.9. The van der Waals surface area contributed by atoms with E-state index in [4.69, 9.17) is 0 Å². The van der Waals surface area contributed by atoms with Crippen molar-refractivity contribution in [2.75, 3.05) is 0 Å². The number of ether oxygens (including phenoxy) is 2. The second-order valence-corrected chi connectivity index (χ2v) is 3.60. The lowest BCUT2D eigenvalue weighted by Crippen LogP contribution is -2.25. The third-order valence-electron chi connectivity index (χ3n) is 2.39. The number of carbonyl (C=O) groups is 1. The minimum Gasteiger partial charge on any atom is -0.395 e. The fraction of sp³-hybridized carbons (Fsp3) is 0.364. The van der Waals surface area contributed by atoms with E-state index < -0.39 is 18.2 Å². The zero-order chi connectivity index (χ0) is 12.6. The number of benzene rings is 1. The molecule has 1 heterocycles. The fourth-order valence-electron chi connectivity index (χ4n) is 1.51. The lowest BCUT2D eigenvalue weighted by atomic mass is 10.0. The van der Waals surface area contributed by atoms with Crippen LogP contribution in [0.1, 0.15) is 25.0 Å². The quantitative estimate of drug-likeness (QED) is 0.883. The van der Waals surface area contributed by atoms with Gasteiger partial charge in [-0.05, 0) is 17.7 Å². The number of carbonyl (C=O) groups excluding carboxylic acids is 1. The van der Waals surface area contributed by atoms with Crippen LogP contribution in [0.25, 0.3) is 0 Å². The SMILES string of the molecule is CCC(=O)C(O)c1ccc2c(c1)OC(F)(F)O2. The number of rotatable bonds is 3. The van der Waals surface area contributed by atoms with Crippen LogP contribution in [0.15, 0.2) is 18.2 Å². The Hall–Kier alpha value is -1.69. The molecule has 6 heteroatoms. The Morgan fingerprint density at radius 2 is 2.06 bits per heavy atom. The standard InChI is InChI=1S/C11H10F2O4/c1-2-7(14)10(15)6-3-4-8-9(5-6)17-11(12,13)16-8/h3-5,10,15H,2H2,1H3. The van der Waals surface area contributed by atoms with E-state index in [1.54, 1.807) is 6.92 Å². The molecule has 1 aliphatic heterocycles. The van der Waals surface area contributed by atoms with E-state index in [1.165, 1.54) is 18.2 Å². The summed E-state index contributed by atoms with van der Waals surface area (Å²) in [4.78, 5) is 11.3. The highest BCUT2D eigenvalue weighted by Gasteiger charge is 2.43. The van der Waals surface area contributed by atoms with Crippen LogP contribution in [0.3, 0.4) is 0 Å². The lowest BCUT2D eigenvalue weighted by molar-refractivity contribution is -0.286. The number of ketones is 1. The summed E-state index contributed by atoms with van der Waals surface area (Å²) in [6, 6.07) is 3.76. The van der Waals surface area contributed by atoms with Gasteiger partial charge in [0.15, 0.2) is 17.3 Å². The van der Waals surface area contributed by atoms with Gasteiger partial charge in [0.25, 0.3) is 0 Å². The first-order chi connectivity index (χ1) is 7.93. The van der Waals surface area contributed by atoms with Crippen molar-refractivity contribution >= 4 is 5.78 Å². The van der Waals surface area contributed by atoms with E-state index in [2.05, 4.69) is 9.47 Å². The predicted octanol–water partition coefficient (Wildman–Crippen LogP) is 2.02. The van der Waals surface area contributed by atoms with Crippen molar-refractivity contribution in [3.8, 4) is 11.5 Å². The topological polar surface area (TPSA) is 55.8 Å². The average Bonchev–Trinajstić information content (AvgIpc) is 2.59. The van der Waals surface area contributed by atoms with Crippen LogP contribution in [-0.2, 0) is 4.79 Å². The molecule has 0 aliphatic carbocycles. The predicted molar refractivity (Wildman–Crippen MR) is 52.9 cm³/mol. The smallest absolute Gasteiger partial charge is 0.395 e. The molecule has 0 bridgehead atoms. The molecule has 1 atom stereocenters. The first kappa shape index (κ1) is 11.8. The monoisotopic (exact) mass is 244 g/mol. The number of hydrogen-bond donors (Lipinski definition) is 1. The van der Waals surface area contributed by atoms with E-state index in [9.17, 15) is 18.7 Å².